The summed E-state index contributed by atoms with van der Waals surface area (Å²) in [6.45, 7) is 6.99. The topological polar surface area (TPSA) is 3.24 Å². The van der Waals surface area contributed by atoms with Gasteiger partial charge in [-0.3, -0.25) is 4.90 Å². The Kier molecular flexibility index (Phi) is 2.99. The minimum atomic E-state index is 0.576. The number of nitrogens with zero attached hydrogens (tertiary/aromatic N) is 1. The molecule has 1 aliphatic rings. The largest absolute Gasteiger partial charge is 0.299 e. The lowest BCUT2D eigenvalue weighted by molar-refractivity contribution is 0.270. The first-order valence-electron chi connectivity index (χ1n) is 4.04. The van der Waals surface area contributed by atoms with Gasteiger partial charge in [-0.15, -0.1) is 11.6 Å². The van der Waals surface area contributed by atoms with Gasteiger partial charge in [-0.05, 0) is 25.8 Å². The molecule has 0 amide bonds. The Hall–Kier alpha value is 0.250. The minimum absolute atomic E-state index is 0.576. The average Bonchev–Trinajstić information content (AvgIpc) is 2.34. The maximum absolute atomic E-state index is 5.74. The summed E-state index contributed by atoms with van der Waals surface area (Å²) in [7, 11) is 0. The molecule has 0 N–H and O–H groups in total. The molecule has 0 saturated carbocycles. The quantitative estimate of drug-likeness (QED) is 0.560. The molecule has 1 rings (SSSR count). The highest BCUT2D eigenvalue weighted by molar-refractivity contribution is 6.18. The molecular formula is C8H16ClN. The third-order valence-electron chi connectivity index (χ3n) is 2.30. The van der Waals surface area contributed by atoms with Crippen LogP contribution in [0.25, 0.3) is 0 Å². The molecule has 0 aromatic carbocycles. The number of hydrogen-bond acceptors (Lipinski definition) is 1. The third-order valence-corrected chi connectivity index (χ3v) is 2.75. The molecular weight excluding hydrogens is 146 g/mol. The fraction of sp³-hybridized carbons (Fsp3) is 1.00. The van der Waals surface area contributed by atoms with Crippen molar-refractivity contribution < 1.29 is 0 Å². The van der Waals surface area contributed by atoms with E-state index in [-0.39, 0.29) is 0 Å². The minimum Gasteiger partial charge on any atom is -0.299 e. The van der Waals surface area contributed by atoms with Gasteiger partial charge in [0.1, 0.15) is 0 Å². The van der Waals surface area contributed by atoms with Crippen LogP contribution in [0.2, 0.25) is 0 Å². The lowest BCUT2D eigenvalue weighted by atomic mass is 10.2. The lowest BCUT2D eigenvalue weighted by Gasteiger charge is -2.21. The fourth-order valence-electron chi connectivity index (χ4n) is 1.47. The molecule has 1 heterocycles. The molecule has 1 saturated heterocycles. The Balaban J connectivity index is 2.29. The Bertz CT molecular complexity index is 105. The van der Waals surface area contributed by atoms with Crippen molar-refractivity contribution >= 4 is 11.6 Å². The van der Waals surface area contributed by atoms with Crippen LogP contribution in [0.15, 0.2) is 0 Å². The molecule has 0 aliphatic carbocycles. The van der Waals surface area contributed by atoms with Gasteiger partial charge in [-0.2, -0.15) is 0 Å². The van der Waals surface area contributed by atoms with Gasteiger partial charge in [0.2, 0.25) is 0 Å². The highest BCUT2D eigenvalue weighted by Gasteiger charge is 2.21. The van der Waals surface area contributed by atoms with Crippen LogP contribution in [-0.2, 0) is 0 Å². The summed E-state index contributed by atoms with van der Waals surface area (Å²) in [6, 6.07) is 0.576. The normalized spacial score (nSPS) is 30.9. The zero-order valence-electron chi connectivity index (χ0n) is 6.81. The van der Waals surface area contributed by atoms with Crippen LogP contribution < -0.4 is 0 Å². The van der Waals surface area contributed by atoms with Crippen molar-refractivity contribution in [2.24, 2.45) is 5.92 Å². The molecule has 2 heteroatoms. The van der Waals surface area contributed by atoms with E-state index < -0.39 is 0 Å². The van der Waals surface area contributed by atoms with E-state index in [1.165, 1.54) is 19.5 Å². The summed E-state index contributed by atoms with van der Waals surface area (Å²) < 4.78 is 0. The van der Waals surface area contributed by atoms with Gasteiger partial charge in [-0.25, -0.2) is 0 Å². The van der Waals surface area contributed by atoms with Gasteiger partial charge in [0.25, 0.3) is 0 Å². The van der Waals surface area contributed by atoms with Crippen molar-refractivity contribution in [3.63, 3.8) is 0 Å². The van der Waals surface area contributed by atoms with Crippen LogP contribution in [0, 0.1) is 5.92 Å². The zero-order chi connectivity index (χ0) is 7.56. The maximum Gasteiger partial charge on any atom is 0.0376 e. The number of rotatable bonds is 2. The molecule has 1 aliphatic heterocycles. The van der Waals surface area contributed by atoms with Gasteiger partial charge in [0.15, 0.2) is 0 Å². The molecule has 60 valence electrons. The number of halogens is 1. The monoisotopic (exact) mass is 161 g/mol. The summed E-state index contributed by atoms with van der Waals surface area (Å²) in [5.74, 6) is 1.65. The molecule has 1 nitrogen and oxygen atoms in total. The van der Waals surface area contributed by atoms with Crippen LogP contribution >= 0.6 is 11.6 Å². The van der Waals surface area contributed by atoms with E-state index in [0.717, 1.165) is 11.8 Å². The predicted molar refractivity (Wildman–Crippen MR) is 45.5 cm³/mol. The van der Waals surface area contributed by atoms with Gasteiger partial charge in [0.05, 0.1) is 0 Å². The highest BCUT2D eigenvalue weighted by atomic mass is 35.5. The van der Waals surface area contributed by atoms with E-state index >= 15 is 0 Å². The first-order valence-corrected chi connectivity index (χ1v) is 4.57. The van der Waals surface area contributed by atoms with Crippen LogP contribution in [0.5, 0.6) is 0 Å². The molecule has 2 atom stereocenters. The number of likely N-dealkylation sites (tertiary alicyclic amines) is 1. The van der Waals surface area contributed by atoms with Crippen molar-refractivity contribution in [2.45, 2.75) is 26.3 Å². The van der Waals surface area contributed by atoms with Crippen molar-refractivity contribution in [1.29, 1.82) is 0 Å². The molecule has 10 heavy (non-hydrogen) atoms. The smallest absolute Gasteiger partial charge is 0.0376 e. The Morgan fingerprint density at radius 2 is 2.40 bits per heavy atom. The van der Waals surface area contributed by atoms with Crippen molar-refractivity contribution in [3.05, 3.63) is 0 Å². The van der Waals surface area contributed by atoms with Gasteiger partial charge in [-0.1, -0.05) is 6.92 Å². The molecule has 0 radical (unpaired) electrons. The molecule has 0 aromatic heterocycles. The summed E-state index contributed by atoms with van der Waals surface area (Å²) in [5.41, 5.74) is 0. The summed E-state index contributed by atoms with van der Waals surface area (Å²) >= 11 is 5.74. The first kappa shape index (κ1) is 8.35. The second-order valence-electron chi connectivity index (χ2n) is 3.39. The highest BCUT2D eigenvalue weighted by Crippen LogP contribution is 2.17. The maximum atomic E-state index is 5.74. The van der Waals surface area contributed by atoms with E-state index in [1.54, 1.807) is 0 Å². The van der Waals surface area contributed by atoms with Crippen LogP contribution in [0.1, 0.15) is 20.3 Å². The predicted octanol–water partition coefficient (Wildman–Crippen LogP) is 1.96. The van der Waals surface area contributed by atoms with Gasteiger partial charge < -0.3 is 0 Å². The van der Waals surface area contributed by atoms with Crippen molar-refractivity contribution in [2.75, 3.05) is 19.0 Å². The van der Waals surface area contributed by atoms with Crippen molar-refractivity contribution in [1.82, 2.24) is 4.90 Å². The third kappa shape index (κ3) is 1.86. The Labute approximate surface area is 68.4 Å². The SMILES string of the molecule is CC1CCN([C@@H](C)CCl)C1. The average molecular weight is 162 g/mol. The van der Waals surface area contributed by atoms with Crippen LogP contribution in [0.3, 0.4) is 0 Å². The van der Waals surface area contributed by atoms with Crippen molar-refractivity contribution in [3.8, 4) is 0 Å². The van der Waals surface area contributed by atoms with E-state index in [4.69, 9.17) is 11.6 Å². The van der Waals surface area contributed by atoms with E-state index in [2.05, 4.69) is 18.7 Å². The summed E-state index contributed by atoms with van der Waals surface area (Å²) in [4.78, 5) is 2.47. The fourth-order valence-corrected chi connectivity index (χ4v) is 1.66. The van der Waals surface area contributed by atoms with Crippen LogP contribution in [0.4, 0.5) is 0 Å². The second kappa shape index (κ2) is 3.59. The lowest BCUT2D eigenvalue weighted by Crippen LogP contribution is -2.31. The molecule has 0 spiro atoms. The van der Waals surface area contributed by atoms with E-state index in [1.807, 2.05) is 0 Å². The molecule has 0 aromatic rings. The van der Waals surface area contributed by atoms with Gasteiger partial charge in [0, 0.05) is 18.5 Å². The molecule has 1 fully saturated rings. The van der Waals surface area contributed by atoms with E-state index in [0.29, 0.717) is 6.04 Å². The Morgan fingerprint density at radius 3 is 2.80 bits per heavy atom. The van der Waals surface area contributed by atoms with E-state index in [9.17, 15) is 0 Å². The Morgan fingerprint density at radius 1 is 1.70 bits per heavy atom. The zero-order valence-corrected chi connectivity index (χ0v) is 7.56. The molecule has 1 unspecified atom stereocenters. The first-order chi connectivity index (χ1) is 4.74. The number of hydrogen-bond donors (Lipinski definition) is 0. The molecule has 0 bridgehead atoms. The number of alkyl halides is 1. The van der Waals surface area contributed by atoms with Crippen LogP contribution in [-0.4, -0.2) is 29.9 Å². The summed E-state index contributed by atoms with van der Waals surface area (Å²) in [5, 5.41) is 0. The van der Waals surface area contributed by atoms with Gasteiger partial charge >= 0.3 is 0 Å². The summed E-state index contributed by atoms with van der Waals surface area (Å²) in [6.07, 6.45) is 1.35. The standard InChI is InChI=1S/C8H16ClN/c1-7-3-4-10(6-7)8(2)5-9/h7-8H,3-6H2,1-2H3/t7?,8-/m0/s1. The second-order valence-corrected chi connectivity index (χ2v) is 3.70.